The first kappa shape index (κ1) is 33.1. The van der Waals surface area contributed by atoms with Crippen LogP contribution in [0.4, 0.5) is 13.2 Å². The van der Waals surface area contributed by atoms with Gasteiger partial charge in [-0.3, -0.25) is 24.3 Å². The lowest BCUT2D eigenvalue weighted by Crippen LogP contribution is -2.35. The molecule has 1 saturated carbocycles. The monoisotopic (exact) mass is 657 g/mol. The minimum atomic E-state index is -4.71. The second-order valence-electron chi connectivity index (χ2n) is 12.0. The summed E-state index contributed by atoms with van der Waals surface area (Å²) < 4.78 is 42.3. The summed E-state index contributed by atoms with van der Waals surface area (Å²) in [6, 6.07) is 4.39. The van der Waals surface area contributed by atoms with Crippen LogP contribution in [0.15, 0.2) is 24.4 Å². The number of nitrogens with zero attached hydrogens (tertiary/aromatic N) is 5. The lowest BCUT2D eigenvalue weighted by atomic mass is 9.99. The number of amides is 3. The van der Waals surface area contributed by atoms with Crippen LogP contribution in [-0.4, -0.2) is 75.6 Å². The Bertz CT molecular complexity index is 1600. The fourth-order valence-corrected chi connectivity index (χ4v) is 7.47. The number of carbonyl (C=O) groups is 3. The minimum Gasteiger partial charge on any atom is -0.337 e. The van der Waals surface area contributed by atoms with Gasteiger partial charge in [-0.1, -0.05) is 13.8 Å². The van der Waals surface area contributed by atoms with E-state index in [-0.39, 0.29) is 89.2 Å². The molecule has 0 bridgehead atoms. The highest BCUT2D eigenvalue weighted by molar-refractivity contribution is 7.19. The first-order valence-corrected chi connectivity index (χ1v) is 14.3. The lowest BCUT2D eigenvalue weighted by molar-refractivity contribution is -0.144. The highest BCUT2D eigenvalue weighted by Crippen LogP contribution is 2.63. The van der Waals surface area contributed by atoms with Crippen molar-refractivity contribution in [3.63, 3.8) is 0 Å². The summed E-state index contributed by atoms with van der Waals surface area (Å²) >= 11 is 1.24. The van der Waals surface area contributed by atoms with Crippen molar-refractivity contribution in [1.29, 1.82) is 0 Å². The van der Waals surface area contributed by atoms with E-state index in [1.54, 1.807) is 17.0 Å². The fourth-order valence-electron chi connectivity index (χ4n) is 6.36. The summed E-state index contributed by atoms with van der Waals surface area (Å²) in [7, 11) is 3.87. The SMILES string of the molecule is Cc1cc(C(F)(F)F)nc(-c2ccnc3cc(CN4C(=O)C5C(C4=O)C5(C)C)sc23)c1C(=O)N1CC[C@H](N(C)C)C1.Cl.Cl. The van der Waals surface area contributed by atoms with Gasteiger partial charge in [0.2, 0.25) is 11.8 Å². The summed E-state index contributed by atoms with van der Waals surface area (Å²) in [6.45, 7) is 6.36. The Labute approximate surface area is 263 Å². The summed E-state index contributed by atoms with van der Waals surface area (Å²) in [5, 5.41) is 0. The highest BCUT2D eigenvalue weighted by Gasteiger charge is 2.72. The number of piperidine rings is 1. The predicted molar refractivity (Wildman–Crippen MR) is 161 cm³/mol. The largest absolute Gasteiger partial charge is 0.433 e. The van der Waals surface area contributed by atoms with E-state index in [1.807, 2.05) is 32.8 Å². The number of likely N-dealkylation sites (N-methyl/N-ethyl adjacent to an activating group) is 1. The maximum absolute atomic E-state index is 13.9. The van der Waals surface area contributed by atoms with Crippen molar-refractivity contribution in [1.82, 2.24) is 24.7 Å². The molecule has 0 radical (unpaired) electrons. The third kappa shape index (κ3) is 5.40. The molecular weight excluding hydrogens is 626 g/mol. The summed E-state index contributed by atoms with van der Waals surface area (Å²) in [5.74, 6) is -1.36. The normalized spacial score (nSPS) is 22.6. The molecule has 232 valence electrons. The third-order valence-electron chi connectivity index (χ3n) is 8.83. The highest BCUT2D eigenvalue weighted by atomic mass is 35.5. The molecule has 8 nitrogen and oxygen atoms in total. The van der Waals surface area contributed by atoms with E-state index < -0.39 is 11.9 Å². The van der Waals surface area contributed by atoms with E-state index in [0.717, 1.165) is 12.5 Å². The third-order valence-corrected chi connectivity index (χ3v) is 9.97. The molecule has 3 aliphatic rings. The van der Waals surface area contributed by atoms with Gasteiger partial charge in [-0.15, -0.1) is 36.2 Å². The van der Waals surface area contributed by atoms with Crippen LogP contribution in [0.3, 0.4) is 0 Å². The number of fused-ring (bicyclic) bond motifs is 2. The van der Waals surface area contributed by atoms with Crippen molar-refractivity contribution in [3.8, 4) is 11.3 Å². The average Bonchev–Trinajstić information content (AvgIpc) is 3.33. The number of halogens is 5. The number of alkyl halides is 3. The van der Waals surface area contributed by atoms with Gasteiger partial charge in [-0.05, 0) is 56.6 Å². The van der Waals surface area contributed by atoms with Crippen molar-refractivity contribution in [3.05, 3.63) is 46.1 Å². The maximum atomic E-state index is 13.9. The molecule has 3 amide bonds. The smallest absolute Gasteiger partial charge is 0.337 e. The predicted octanol–water partition coefficient (Wildman–Crippen LogP) is 5.45. The van der Waals surface area contributed by atoms with Gasteiger partial charge in [-0.2, -0.15) is 13.2 Å². The number of imide groups is 1. The molecule has 3 atom stereocenters. The van der Waals surface area contributed by atoms with E-state index in [1.165, 1.54) is 29.4 Å². The summed E-state index contributed by atoms with van der Waals surface area (Å²) in [4.78, 5) is 53.6. The molecule has 1 aliphatic carbocycles. The zero-order chi connectivity index (χ0) is 29.6. The van der Waals surface area contributed by atoms with Crippen LogP contribution in [0.25, 0.3) is 21.5 Å². The fraction of sp³-hybridized carbons (Fsp3) is 0.483. The van der Waals surface area contributed by atoms with Gasteiger partial charge in [0.05, 0.1) is 39.9 Å². The number of likely N-dealkylation sites (tertiary alicyclic amines) is 2. The van der Waals surface area contributed by atoms with Gasteiger partial charge in [0.15, 0.2) is 0 Å². The molecule has 2 saturated heterocycles. The zero-order valence-corrected chi connectivity index (χ0v) is 26.6. The number of pyridine rings is 2. The number of rotatable bonds is 5. The Balaban J connectivity index is 0.00000212. The van der Waals surface area contributed by atoms with Gasteiger partial charge < -0.3 is 9.80 Å². The molecule has 2 unspecified atom stereocenters. The molecule has 0 N–H and O–H groups in total. The maximum Gasteiger partial charge on any atom is 0.433 e. The van der Waals surface area contributed by atoms with Crippen LogP contribution >= 0.6 is 36.2 Å². The van der Waals surface area contributed by atoms with Crippen LogP contribution in [0.5, 0.6) is 0 Å². The minimum absolute atomic E-state index is 0. The van der Waals surface area contributed by atoms with E-state index in [9.17, 15) is 27.6 Å². The zero-order valence-electron chi connectivity index (χ0n) is 24.2. The number of hydrogen-bond donors (Lipinski definition) is 0. The standard InChI is InChI=1S/C29H30F3N5O3S.2ClH/c1-14-10-19(29(30,31)32)34-23(20(14)25(38)36-9-7-15(12-36)35(4)5)17-6-8-33-18-11-16(41-24(17)18)13-37-26(39)21-22(27(37)40)28(21,2)3;;/h6,8,10-11,15,21-22H,7,9,12-13H2,1-5H3;2*1H/t15-,21?,22?;;/m0../s1. The van der Waals surface area contributed by atoms with Crippen molar-refractivity contribution in [2.24, 2.45) is 17.3 Å². The quantitative estimate of drug-likeness (QED) is 0.340. The van der Waals surface area contributed by atoms with Crippen molar-refractivity contribution >= 4 is 64.1 Å². The molecule has 5 heterocycles. The van der Waals surface area contributed by atoms with Crippen molar-refractivity contribution < 1.29 is 27.6 Å². The Morgan fingerprint density at radius 3 is 2.37 bits per heavy atom. The number of aryl methyl sites for hydroxylation is 1. The molecular formula is C29H32Cl2F3N5O3S. The summed E-state index contributed by atoms with van der Waals surface area (Å²) in [5.41, 5.74) is -0.271. The van der Waals surface area contributed by atoms with E-state index >= 15 is 0 Å². The molecule has 43 heavy (non-hydrogen) atoms. The Hall–Kier alpha value is -2.80. The van der Waals surface area contributed by atoms with E-state index in [2.05, 4.69) is 9.97 Å². The Kier molecular flexibility index (Phi) is 8.69. The Morgan fingerprint density at radius 2 is 1.79 bits per heavy atom. The molecule has 2 aliphatic heterocycles. The first-order chi connectivity index (χ1) is 19.2. The average molecular weight is 659 g/mol. The van der Waals surface area contributed by atoms with Crippen LogP contribution in [-0.2, 0) is 22.3 Å². The van der Waals surface area contributed by atoms with Crippen LogP contribution < -0.4 is 0 Å². The molecule has 3 aromatic rings. The number of hydrogen-bond acceptors (Lipinski definition) is 7. The van der Waals surface area contributed by atoms with Gasteiger partial charge in [0.1, 0.15) is 5.69 Å². The summed E-state index contributed by atoms with van der Waals surface area (Å²) in [6.07, 6.45) is -2.47. The number of aromatic nitrogens is 2. The molecule has 14 heteroatoms. The molecule has 6 rings (SSSR count). The molecule has 0 spiro atoms. The molecule has 3 aromatic heterocycles. The Morgan fingerprint density at radius 1 is 1.14 bits per heavy atom. The first-order valence-electron chi connectivity index (χ1n) is 13.5. The van der Waals surface area contributed by atoms with E-state index in [4.69, 9.17) is 0 Å². The lowest BCUT2D eigenvalue weighted by Gasteiger charge is -2.23. The number of carbonyl (C=O) groups excluding carboxylic acids is 3. The van der Waals surface area contributed by atoms with Crippen molar-refractivity contribution in [2.45, 2.75) is 46.0 Å². The van der Waals surface area contributed by atoms with Gasteiger partial charge >= 0.3 is 6.18 Å². The molecule has 3 fully saturated rings. The second kappa shape index (κ2) is 11.3. The topological polar surface area (TPSA) is 86.7 Å². The van der Waals surface area contributed by atoms with Gasteiger partial charge in [0, 0.05) is 35.8 Å². The second-order valence-corrected chi connectivity index (χ2v) is 13.2. The van der Waals surface area contributed by atoms with Crippen LogP contribution in [0, 0.1) is 24.2 Å². The van der Waals surface area contributed by atoms with Crippen molar-refractivity contribution in [2.75, 3.05) is 27.2 Å². The molecule has 0 aromatic carbocycles. The van der Waals surface area contributed by atoms with Gasteiger partial charge in [0.25, 0.3) is 5.91 Å². The van der Waals surface area contributed by atoms with Crippen LogP contribution in [0.1, 0.15) is 46.8 Å². The van der Waals surface area contributed by atoms with E-state index in [0.29, 0.717) is 33.7 Å². The number of thiophene rings is 1. The van der Waals surface area contributed by atoms with Gasteiger partial charge in [-0.25, -0.2) is 4.98 Å². The van der Waals surface area contributed by atoms with Crippen LogP contribution in [0.2, 0.25) is 0 Å².